The summed E-state index contributed by atoms with van der Waals surface area (Å²) < 4.78 is 18.6. The fraction of sp³-hybridized carbons (Fsp3) is 0.545. The lowest BCUT2D eigenvalue weighted by Crippen LogP contribution is -2.35. The molecule has 0 amide bonds. The van der Waals surface area contributed by atoms with Crippen molar-refractivity contribution in [2.45, 2.75) is 45.3 Å². The SMILES string of the molecule is COc1nc(-c2nc(NC3CC(C4(C)CC4)=NN3CCF)cs2)ccc1N1C=NC(C)C1. The monoisotopic (exact) mass is 457 g/mol. The van der Waals surface area contributed by atoms with E-state index in [1.54, 1.807) is 7.11 Å². The Balaban J connectivity index is 1.31. The number of methoxy groups -OCH3 is 1. The molecule has 1 fully saturated rings. The molecule has 2 unspecified atom stereocenters. The van der Waals surface area contributed by atoms with Gasteiger partial charge in [0.25, 0.3) is 0 Å². The first-order valence-corrected chi connectivity index (χ1v) is 11.8. The lowest BCUT2D eigenvalue weighted by atomic mass is 10.00. The summed E-state index contributed by atoms with van der Waals surface area (Å²) in [5, 5.41) is 12.7. The summed E-state index contributed by atoms with van der Waals surface area (Å²) in [6, 6.07) is 4.21. The first-order valence-electron chi connectivity index (χ1n) is 11.0. The van der Waals surface area contributed by atoms with E-state index >= 15 is 0 Å². The molecule has 1 N–H and O–H groups in total. The number of hydrogen-bond donors (Lipinski definition) is 1. The maximum absolute atomic E-state index is 13.1. The number of nitrogens with zero attached hydrogens (tertiary/aromatic N) is 6. The second-order valence-corrected chi connectivity index (χ2v) is 9.71. The van der Waals surface area contributed by atoms with Crippen LogP contribution in [0.5, 0.6) is 5.88 Å². The standard InChI is InChI=1S/C22H28FN7OS/c1-14-11-29(13-24-14)16-5-4-15(25-20(16)31-3)21-27-18(12-32-21)26-19-10-17(22(2)6-7-22)28-30(19)9-8-23/h4-5,12-14,19,26H,6-11H2,1-3H3. The fourth-order valence-electron chi connectivity index (χ4n) is 4.10. The quantitative estimate of drug-likeness (QED) is 0.645. The highest BCUT2D eigenvalue weighted by molar-refractivity contribution is 7.13. The number of halogens is 1. The van der Waals surface area contributed by atoms with Gasteiger partial charge in [-0.15, -0.1) is 11.3 Å². The van der Waals surface area contributed by atoms with Crippen LogP contribution < -0.4 is 15.0 Å². The normalized spacial score (nSPS) is 23.6. The van der Waals surface area contributed by atoms with Gasteiger partial charge in [0.05, 0.1) is 26.0 Å². The van der Waals surface area contributed by atoms with E-state index in [1.165, 1.54) is 17.0 Å². The molecule has 2 aliphatic heterocycles. The number of anilines is 2. The lowest BCUT2D eigenvalue weighted by molar-refractivity contribution is 0.228. The van der Waals surface area contributed by atoms with Crippen molar-refractivity contribution in [2.75, 3.05) is 37.1 Å². The van der Waals surface area contributed by atoms with Crippen molar-refractivity contribution in [3.63, 3.8) is 0 Å². The minimum atomic E-state index is -0.426. The Kier molecular flexibility index (Phi) is 5.48. The molecule has 0 saturated heterocycles. The number of alkyl halides is 1. The van der Waals surface area contributed by atoms with Gasteiger partial charge in [-0.05, 0) is 31.9 Å². The number of nitrogens with one attached hydrogen (secondary N) is 1. The lowest BCUT2D eigenvalue weighted by Gasteiger charge is -2.23. The minimum Gasteiger partial charge on any atom is -0.479 e. The van der Waals surface area contributed by atoms with E-state index < -0.39 is 6.67 Å². The molecule has 32 heavy (non-hydrogen) atoms. The van der Waals surface area contributed by atoms with Gasteiger partial charge in [-0.3, -0.25) is 10.0 Å². The van der Waals surface area contributed by atoms with Gasteiger partial charge in [0.2, 0.25) is 5.88 Å². The maximum Gasteiger partial charge on any atom is 0.238 e. The van der Waals surface area contributed by atoms with Crippen LogP contribution in [-0.2, 0) is 0 Å². The topological polar surface area (TPSA) is 78.2 Å². The molecule has 0 bridgehead atoms. The second-order valence-electron chi connectivity index (χ2n) is 8.85. The van der Waals surface area contributed by atoms with Gasteiger partial charge in [-0.2, -0.15) is 5.10 Å². The smallest absolute Gasteiger partial charge is 0.238 e. The Labute approximate surface area is 191 Å². The van der Waals surface area contributed by atoms with Crippen LogP contribution in [0.15, 0.2) is 27.6 Å². The third-order valence-electron chi connectivity index (χ3n) is 6.31. The van der Waals surface area contributed by atoms with Gasteiger partial charge < -0.3 is 15.0 Å². The molecule has 0 spiro atoms. The summed E-state index contributed by atoms with van der Waals surface area (Å²) in [6.45, 7) is 4.98. The molecule has 2 atom stereocenters. The minimum absolute atomic E-state index is 0.0746. The summed E-state index contributed by atoms with van der Waals surface area (Å²) in [4.78, 5) is 15.9. The first-order chi connectivity index (χ1) is 15.5. The number of pyridine rings is 1. The molecule has 170 valence electrons. The van der Waals surface area contributed by atoms with Crippen molar-refractivity contribution in [2.24, 2.45) is 15.5 Å². The van der Waals surface area contributed by atoms with Crippen molar-refractivity contribution in [1.29, 1.82) is 0 Å². The summed E-state index contributed by atoms with van der Waals surface area (Å²) in [5.74, 6) is 1.30. The molecule has 8 nitrogen and oxygen atoms in total. The maximum atomic E-state index is 13.1. The molecule has 10 heteroatoms. The van der Waals surface area contributed by atoms with Gasteiger partial charge in [0.15, 0.2) is 0 Å². The summed E-state index contributed by atoms with van der Waals surface area (Å²) >= 11 is 1.52. The third-order valence-corrected chi connectivity index (χ3v) is 7.17. The molecular weight excluding hydrogens is 429 g/mol. The summed E-state index contributed by atoms with van der Waals surface area (Å²) in [5.41, 5.74) is 3.01. The zero-order valence-corrected chi connectivity index (χ0v) is 19.4. The zero-order valence-electron chi connectivity index (χ0n) is 18.6. The second kappa shape index (κ2) is 8.31. The Morgan fingerprint density at radius 2 is 2.16 bits per heavy atom. The van der Waals surface area contributed by atoms with Gasteiger partial charge in [0.1, 0.15) is 35.0 Å². The van der Waals surface area contributed by atoms with E-state index in [9.17, 15) is 4.39 Å². The highest BCUT2D eigenvalue weighted by Crippen LogP contribution is 2.49. The Bertz CT molecular complexity index is 1050. The predicted molar refractivity (Wildman–Crippen MR) is 127 cm³/mol. The van der Waals surface area contributed by atoms with E-state index in [-0.39, 0.29) is 24.2 Å². The Morgan fingerprint density at radius 1 is 1.31 bits per heavy atom. The van der Waals surface area contributed by atoms with E-state index in [4.69, 9.17) is 14.8 Å². The first kappa shape index (κ1) is 21.1. The van der Waals surface area contributed by atoms with Crippen molar-refractivity contribution < 1.29 is 9.13 Å². The highest BCUT2D eigenvalue weighted by atomic mass is 32.1. The number of aliphatic imine (C=N–C) groups is 1. The van der Waals surface area contributed by atoms with Gasteiger partial charge in [0, 0.05) is 29.5 Å². The van der Waals surface area contributed by atoms with Gasteiger partial charge >= 0.3 is 0 Å². The third kappa shape index (κ3) is 4.03. The van der Waals surface area contributed by atoms with Crippen molar-refractivity contribution in [3.05, 3.63) is 17.5 Å². The number of thiazole rings is 1. The zero-order chi connectivity index (χ0) is 22.3. The Hall–Kier alpha value is -2.75. The van der Waals surface area contributed by atoms with Crippen LogP contribution in [0.1, 0.15) is 33.1 Å². The molecule has 0 aromatic carbocycles. The average Bonchev–Trinajstić information content (AvgIpc) is 3.17. The molecule has 1 aliphatic carbocycles. The fourth-order valence-corrected chi connectivity index (χ4v) is 4.83. The van der Waals surface area contributed by atoms with Gasteiger partial charge in [-0.25, -0.2) is 14.4 Å². The molecule has 2 aromatic rings. The molecule has 1 saturated carbocycles. The van der Waals surface area contributed by atoms with Crippen molar-refractivity contribution in [3.8, 4) is 16.6 Å². The molecule has 4 heterocycles. The van der Waals surface area contributed by atoms with Crippen LogP contribution in [0.3, 0.4) is 0 Å². The van der Waals surface area contributed by atoms with E-state index in [0.717, 1.165) is 48.0 Å². The molecule has 5 rings (SSSR count). The molecule has 2 aromatic heterocycles. The number of rotatable bonds is 8. The number of aromatic nitrogens is 2. The molecular formula is C22H28FN7OS. The average molecular weight is 458 g/mol. The highest BCUT2D eigenvalue weighted by Gasteiger charge is 2.46. The van der Waals surface area contributed by atoms with Gasteiger partial charge in [-0.1, -0.05) is 6.92 Å². The Morgan fingerprint density at radius 3 is 2.84 bits per heavy atom. The number of hydrogen-bond acceptors (Lipinski definition) is 9. The van der Waals surface area contributed by atoms with Crippen LogP contribution in [0.4, 0.5) is 15.9 Å². The van der Waals surface area contributed by atoms with E-state index in [0.29, 0.717) is 5.88 Å². The summed E-state index contributed by atoms with van der Waals surface area (Å²) in [7, 11) is 1.62. The van der Waals surface area contributed by atoms with Crippen LogP contribution in [-0.4, -0.2) is 66.1 Å². The number of hydrazone groups is 1. The van der Waals surface area contributed by atoms with E-state index in [1.807, 2.05) is 33.8 Å². The van der Waals surface area contributed by atoms with Crippen LogP contribution in [0, 0.1) is 5.41 Å². The van der Waals surface area contributed by atoms with Crippen LogP contribution in [0.2, 0.25) is 0 Å². The predicted octanol–water partition coefficient (Wildman–Crippen LogP) is 4.02. The number of ether oxygens (including phenoxy) is 1. The van der Waals surface area contributed by atoms with E-state index in [2.05, 4.69) is 29.1 Å². The van der Waals surface area contributed by atoms with Crippen LogP contribution >= 0.6 is 11.3 Å². The van der Waals surface area contributed by atoms with Crippen molar-refractivity contribution >= 4 is 34.9 Å². The van der Waals surface area contributed by atoms with Crippen LogP contribution in [0.25, 0.3) is 10.7 Å². The largest absolute Gasteiger partial charge is 0.479 e. The molecule has 3 aliphatic rings. The van der Waals surface area contributed by atoms with Crippen molar-refractivity contribution in [1.82, 2.24) is 15.0 Å². The molecule has 0 radical (unpaired) electrons. The summed E-state index contributed by atoms with van der Waals surface area (Å²) in [6.07, 6.45) is 4.87.